The van der Waals surface area contributed by atoms with Gasteiger partial charge in [-0.2, -0.15) is 0 Å². The van der Waals surface area contributed by atoms with Crippen molar-refractivity contribution in [1.82, 2.24) is 0 Å². The minimum Gasteiger partial charge on any atom is -0.378 e. The first-order valence-electron chi connectivity index (χ1n) is 7.05. The number of nitrogens with one attached hydrogen (secondary N) is 1. The van der Waals surface area contributed by atoms with Gasteiger partial charge in [-0.1, -0.05) is 30.3 Å². The molecular formula is C18H22N2O. The van der Waals surface area contributed by atoms with E-state index in [1.54, 1.807) is 0 Å². The third kappa shape index (κ3) is 3.43. The molecule has 1 amide bonds. The summed E-state index contributed by atoms with van der Waals surface area (Å²) in [6.07, 6.45) is 0. The van der Waals surface area contributed by atoms with Crippen LogP contribution in [0.25, 0.3) is 0 Å². The molecule has 0 aliphatic carbocycles. The molecule has 2 rings (SSSR count). The first-order valence-corrected chi connectivity index (χ1v) is 7.05. The standard InChI is InChI=1S/C18H22N2O/c1-18(2,14-8-6-5-7-9-14)17(21)19-15-10-12-16(13-11-15)20(3)4/h5-13H,1-4H3,(H,19,21). The zero-order valence-electron chi connectivity index (χ0n) is 13.1. The number of carbonyl (C=O) groups excluding carboxylic acids is 1. The lowest BCUT2D eigenvalue weighted by Gasteiger charge is -2.24. The summed E-state index contributed by atoms with van der Waals surface area (Å²) in [6, 6.07) is 17.7. The second-order valence-electron chi connectivity index (χ2n) is 5.89. The van der Waals surface area contributed by atoms with Crippen molar-refractivity contribution in [1.29, 1.82) is 0 Å². The maximum atomic E-state index is 12.5. The van der Waals surface area contributed by atoms with Gasteiger partial charge in [-0.3, -0.25) is 4.79 Å². The van der Waals surface area contributed by atoms with E-state index in [0.29, 0.717) is 0 Å². The molecule has 21 heavy (non-hydrogen) atoms. The maximum Gasteiger partial charge on any atom is 0.234 e. The molecule has 0 heterocycles. The average molecular weight is 282 g/mol. The summed E-state index contributed by atoms with van der Waals surface area (Å²) in [5, 5.41) is 2.99. The molecule has 3 heteroatoms. The van der Waals surface area contributed by atoms with Gasteiger partial charge >= 0.3 is 0 Å². The fraction of sp³-hybridized carbons (Fsp3) is 0.278. The smallest absolute Gasteiger partial charge is 0.234 e. The third-order valence-corrected chi connectivity index (χ3v) is 3.70. The van der Waals surface area contributed by atoms with E-state index in [4.69, 9.17) is 0 Å². The summed E-state index contributed by atoms with van der Waals surface area (Å²) in [5.41, 5.74) is 2.36. The third-order valence-electron chi connectivity index (χ3n) is 3.70. The first-order chi connectivity index (χ1) is 9.91. The summed E-state index contributed by atoms with van der Waals surface area (Å²) in [4.78, 5) is 14.6. The van der Waals surface area contributed by atoms with Gasteiger partial charge in [-0.15, -0.1) is 0 Å². The van der Waals surface area contributed by atoms with Crippen LogP contribution >= 0.6 is 0 Å². The predicted octanol–water partition coefficient (Wildman–Crippen LogP) is 3.67. The van der Waals surface area contributed by atoms with Crippen molar-refractivity contribution in [3.05, 3.63) is 60.2 Å². The zero-order chi connectivity index (χ0) is 15.5. The summed E-state index contributed by atoms with van der Waals surface area (Å²) in [7, 11) is 3.98. The minimum atomic E-state index is -0.568. The second kappa shape index (κ2) is 6.00. The van der Waals surface area contributed by atoms with Gasteiger partial charge in [0.05, 0.1) is 5.41 Å². The Hall–Kier alpha value is -2.29. The average Bonchev–Trinajstić information content (AvgIpc) is 2.48. The highest BCUT2D eigenvalue weighted by Crippen LogP contribution is 2.25. The molecule has 0 atom stereocenters. The van der Waals surface area contributed by atoms with Crippen LogP contribution < -0.4 is 10.2 Å². The van der Waals surface area contributed by atoms with E-state index in [2.05, 4.69) is 5.32 Å². The second-order valence-corrected chi connectivity index (χ2v) is 5.89. The lowest BCUT2D eigenvalue weighted by molar-refractivity contribution is -0.120. The Morgan fingerprint density at radius 1 is 0.952 bits per heavy atom. The minimum absolute atomic E-state index is 0.00805. The van der Waals surface area contributed by atoms with E-state index in [1.807, 2.05) is 87.4 Å². The first kappa shape index (κ1) is 15.1. The van der Waals surface area contributed by atoms with Crippen LogP contribution in [0.15, 0.2) is 54.6 Å². The highest BCUT2D eigenvalue weighted by molar-refractivity contribution is 5.98. The lowest BCUT2D eigenvalue weighted by atomic mass is 9.83. The molecule has 0 unspecified atom stereocenters. The maximum absolute atomic E-state index is 12.5. The van der Waals surface area contributed by atoms with Gasteiger partial charge in [0.15, 0.2) is 0 Å². The van der Waals surface area contributed by atoms with Gasteiger partial charge in [-0.05, 0) is 43.7 Å². The van der Waals surface area contributed by atoms with E-state index >= 15 is 0 Å². The van der Waals surface area contributed by atoms with Crippen molar-refractivity contribution in [2.24, 2.45) is 0 Å². The molecule has 0 radical (unpaired) electrons. The molecule has 0 aliphatic heterocycles. The number of carbonyl (C=O) groups is 1. The quantitative estimate of drug-likeness (QED) is 0.928. The topological polar surface area (TPSA) is 32.3 Å². The van der Waals surface area contributed by atoms with Crippen molar-refractivity contribution in [3.63, 3.8) is 0 Å². The van der Waals surface area contributed by atoms with Gasteiger partial charge in [-0.25, -0.2) is 0 Å². The fourth-order valence-corrected chi connectivity index (χ4v) is 2.12. The molecule has 0 bridgehead atoms. The highest BCUT2D eigenvalue weighted by Gasteiger charge is 2.29. The van der Waals surface area contributed by atoms with E-state index in [9.17, 15) is 4.79 Å². The SMILES string of the molecule is CN(C)c1ccc(NC(=O)C(C)(C)c2ccccc2)cc1. The molecule has 2 aromatic carbocycles. The molecule has 1 N–H and O–H groups in total. The fourth-order valence-electron chi connectivity index (χ4n) is 2.12. The van der Waals surface area contributed by atoms with Gasteiger partial charge in [0.25, 0.3) is 0 Å². The number of rotatable bonds is 4. The predicted molar refractivity (Wildman–Crippen MR) is 88.9 cm³/mol. The van der Waals surface area contributed by atoms with Crippen molar-refractivity contribution in [2.45, 2.75) is 19.3 Å². The van der Waals surface area contributed by atoms with Gasteiger partial charge in [0.1, 0.15) is 0 Å². The van der Waals surface area contributed by atoms with Crippen LogP contribution in [0, 0.1) is 0 Å². The molecule has 0 saturated carbocycles. The number of hydrogen-bond acceptors (Lipinski definition) is 2. The number of anilines is 2. The molecule has 110 valence electrons. The summed E-state index contributed by atoms with van der Waals surface area (Å²) in [5.74, 6) is -0.00805. The molecule has 0 saturated heterocycles. The van der Waals surface area contributed by atoms with Crippen LogP contribution in [0.1, 0.15) is 19.4 Å². The van der Waals surface area contributed by atoms with E-state index in [1.165, 1.54) is 0 Å². The summed E-state index contributed by atoms with van der Waals surface area (Å²) in [6.45, 7) is 3.87. The Kier molecular flexibility index (Phi) is 4.32. The largest absolute Gasteiger partial charge is 0.378 e. The van der Waals surface area contributed by atoms with Crippen LogP contribution in [0.4, 0.5) is 11.4 Å². The lowest BCUT2D eigenvalue weighted by Crippen LogP contribution is -2.34. The number of amides is 1. The monoisotopic (exact) mass is 282 g/mol. The molecule has 2 aromatic rings. The van der Waals surface area contributed by atoms with Crippen molar-refractivity contribution < 1.29 is 4.79 Å². The van der Waals surface area contributed by atoms with Crippen molar-refractivity contribution in [2.75, 3.05) is 24.3 Å². The Labute approximate surface area is 126 Å². The Balaban J connectivity index is 2.14. The zero-order valence-corrected chi connectivity index (χ0v) is 13.1. The molecule has 0 aliphatic rings. The summed E-state index contributed by atoms with van der Waals surface area (Å²) >= 11 is 0. The van der Waals surface area contributed by atoms with Crippen LogP contribution in [0.2, 0.25) is 0 Å². The van der Waals surface area contributed by atoms with Gasteiger partial charge in [0.2, 0.25) is 5.91 Å². The molecule has 3 nitrogen and oxygen atoms in total. The Morgan fingerprint density at radius 3 is 2.05 bits per heavy atom. The van der Waals surface area contributed by atoms with Gasteiger partial charge in [0, 0.05) is 25.5 Å². The van der Waals surface area contributed by atoms with E-state index in [0.717, 1.165) is 16.9 Å². The molecule has 0 aromatic heterocycles. The Bertz CT molecular complexity index is 601. The normalized spacial score (nSPS) is 11.0. The van der Waals surface area contributed by atoms with Crippen molar-refractivity contribution >= 4 is 17.3 Å². The van der Waals surface area contributed by atoms with Crippen LogP contribution in [-0.4, -0.2) is 20.0 Å². The molecule has 0 fully saturated rings. The van der Waals surface area contributed by atoms with E-state index in [-0.39, 0.29) is 5.91 Å². The van der Waals surface area contributed by atoms with Crippen LogP contribution in [0.3, 0.4) is 0 Å². The van der Waals surface area contributed by atoms with Crippen molar-refractivity contribution in [3.8, 4) is 0 Å². The van der Waals surface area contributed by atoms with Gasteiger partial charge < -0.3 is 10.2 Å². The number of nitrogens with zero attached hydrogens (tertiary/aromatic N) is 1. The van der Waals surface area contributed by atoms with Crippen LogP contribution in [-0.2, 0) is 10.2 Å². The van der Waals surface area contributed by atoms with E-state index < -0.39 is 5.41 Å². The molecule has 0 spiro atoms. The van der Waals surface area contributed by atoms with Crippen LogP contribution in [0.5, 0.6) is 0 Å². The number of hydrogen-bond donors (Lipinski definition) is 1. The Morgan fingerprint density at radius 2 is 1.52 bits per heavy atom. The molecular weight excluding hydrogens is 260 g/mol. The summed E-state index contributed by atoms with van der Waals surface area (Å²) < 4.78 is 0. The highest BCUT2D eigenvalue weighted by atomic mass is 16.2. The number of benzene rings is 2.